The number of aryl methyl sites for hydroxylation is 1. The topological polar surface area (TPSA) is 62.3 Å². The fourth-order valence-corrected chi connectivity index (χ4v) is 1.91. The minimum atomic E-state index is -1.42. The van der Waals surface area contributed by atoms with Crippen LogP contribution in [0.3, 0.4) is 0 Å². The summed E-state index contributed by atoms with van der Waals surface area (Å²) in [5, 5.41) is 9.13. The van der Waals surface area contributed by atoms with E-state index in [2.05, 4.69) is 9.72 Å². The number of rotatable bonds is 2. The predicted octanol–water partition coefficient (Wildman–Crippen LogP) is 3.58. The summed E-state index contributed by atoms with van der Waals surface area (Å²) in [5.74, 6) is -0.439. The summed E-state index contributed by atoms with van der Waals surface area (Å²) in [6, 6.07) is 2.67. The van der Waals surface area contributed by atoms with Gasteiger partial charge in [0.15, 0.2) is 0 Å². The Labute approximate surface area is 101 Å². The first-order valence-electron chi connectivity index (χ1n) is 4.93. The number of H-pyrrole nitrogens is 1. The summed E-state index contributed by atoms with van der Waals surface area (Å²) in [6.07, 6.45) is -0.901. The highest BCUT2D eigenvalue weighted by Gasteiger charge is 2.15. The molecule has 0 amide bonds. The molecule has 0 aliphatic heterocycles. The molecule has 1 aromatic carbocycles. The highest BCUT2D eigenvalue weighted by molar-refractivity contribution is 6.31. The van der Waals surface area contributed by atoms with E-state index < -0.39 is 12.0 Å². The van der Waals surface area contributed by atoms with E-state index in [1.807, 2.05) is 6.92 Å². The number of benzene rings is 1. The van der Waals surface area contributed by atoms with Gasteiger partial charge in [-0.1, -0.05) is 18.5 Å². The minimum Gasteiger partial charge on any atom is -0.449 e. The molecule has 17 heavy (non-hydrogen) atoms. The van der Waals surface area contributed by atoms with Crippen molar-refractivity contribution < 1.29 is 19.0 Å². The summed E-state index contributed by atoms with van der Waals surface area (Å²) >= 11 is 5.65. The van der Waals surface area contributed by atoms with Gasteiger partial charge >= 0.3 is 6.16 Å². The zero-order valence-corrected chi connectivity index (χ0v) is 9.64. The number of halogens is 2. The van der Waals surface area contributed by atoms with Crippen LogP contribution >= 0.6 is 11.6 Å². The summed E-state index contributed by atoms with van der Waals surface area (Å²) < 4.78 is 17.9. The van der Waals surface area contributed by atoms with Gasteiger partial charge in [0.25, 0.3) is 0 Å². The lowest BCUT2D eigenvalue weighted by atomic mass is 10.1. The molecule has 0 aliphatic rings. The van der Waals surface area contributed by atoms with Crippen molar-refractivity contribution in [2.75, 3.05) is 0 Å². The minimum absolute atomic E-state index is 0.0247. The molecule has 0 unspecified atom stereocenters. The maximum Gasteiger partial charge on any atom is 0.512 e. The fraction of sp³-hybridized carbons (Fsp3) is 0.182. The Morgan fingerprint density at radius 3 is 2.88 bits per heavy atom. The summed E-state index contributed by atoms with van der Waals surface area (Å²) in [6.45, 7) is 1.82. The highest BCUT2D eigenvalue weighted by atomic mass is 35.5. The first-order valence-corrected chi connectivity index (χ1v) is 5.31. The zero-order valence-electron chi connectivity index (χ0n) is 8.88. The molecule has 1 heterocycles. The van der Waals surface area contributed by atoms with Crippen molar-refractivity contribution in [2.45, 2.75) is 13.3 Å². The van der Waals surface area contributed by atoms with Gasteiger partial charge in [-0.15, -0.1) is 0 Å². The molecule has 2 N–H and O–H groups in total. The molecule has 0 saturated carbocycles. The van der Waals surface area contributed by atoms with Gasteiger partial charge in [0, 0.05) is 10.9 Å². The van der Waals surface area contributed by atoms with Gasteiger partial charge < -0.3 is 14.8 Å². The Kier molecular flexibility index (Phi) is 2.93. The third-order valence-corrected chi connectivity index (χ3v) is 2.74. The first-order chi connectivity index (χ1) is 8.02. The number of carboxylic acid groups (broad SMARTS) is 1. The van der Waals surface area contributed by atoms with Crippen LogP contribution in [-0.2, 0) is 6.42 Å². The second-order valence-corrected chi connectivity index (χ2v) is 3.87. The lowest BCUT2D eigenvalue weighted by Gasteiger charge is -1.99. The standard InChI is InChI=1S/C11H9ClFNO3/c1-2-5-6-3-8(13)7(12)4-9(6)14-10(5)17-11(15)16/h3-4,14H,2H2,1H3,(H,15,16). The summed E-state index contributed by atoms with van der Waals surface area (Å²) in [7, 11) is 0. The van der Waals surface area contributed by atoms with Crippen molar-refractivity contribution in [2.24, 2.45) is 0 Å². The smallest absolute Gasteiger partial charge is 0.449 e. The van der Waals surface area contributed by atoms with Crippen molar-refractivity contribution in [1.29, 1.82) is 0 Å². The molecule has 2 aromatic rings. The van der Waals surface area contributed by atoms with Crippen LogP contribution in [0.2, 0.25) is 5.02 Å². The molecule has 0 atom stereocenters. The predicted molar refractivity (Wildman–Crippen MR) is 61.3 cm³/mol. The molecule has 0 spiro atoms. The summed E-state index contributed by atoms with van der Waals surface area (Å²) in [5.41, 5.74) is 1.16. The Morgan fingerprint density at radius 2 is 2.29 bits per heavy atom. The van der Waals surface area contributed by atoms with Gasteiger partial charge in [-0.3, -0.25) is 0 Å². The maximum atomic E-state index is 13.3. The molecule has 6 heteroatoms. The second kappa shape index (κ2) is 4.25. The van der Waals surface area contributed by atoms with Gasteiger partial charge in [-0.2, -0.15) is 0 Å². The number of carbonyl (C=O) groups is 1. The Bertz CT molecular complexity index is 594. The van der Waals surface area contributed by atoms with Crippen molar-refractivity contribution in [3.05, 3.63) is 28.5 Å². The van der Waals surface area contributed by atoms with E-state index >= 15 is 0 Å². The zero-order chi connectivity index (χ0) is 12.6. The van der Waals surface area contributed by atoms with Crippen molar-refractivity contribution >= 4 is 28.7 Å². The van der Waals surface area contributed by atoms with Crippen LogP contribution in [0.5, 0.6) is 5.88 Å². The van der Waals surface area contributed by atoms with Crippen LogP contribution in [0.1, 0.15) is 12.5 Å². The lowest BCUT2D eigenvalue weighted by molar-refractivity contribution is 0.142. The van der Waals surface area contributed by atoms with E-state index in [1.54, 1.807) is 0 Å². The first kappa shape index (κ1) is 11.7. The average Bonchev–Trinajstić information content (AvgIpc) is 2.54. The van der Waals surface area contributed by atoms with Crippen LogP contribution in [0.4, 0.5) is 9.18 Å². The number of nitrogens with one attached hydrogen (secondary N) is 1. The number of aromatic nitrogens is 1. The quantitative estimate of drug-likeness (QED) is 0.809. The Balaban J connectivity index is 2.66. The molecular weight excluding hydrogens is 249 g/mol. The van der Waals surface area contributed by atoms with Gasteiger partial charge in [0.05, 0.1) is 10.5 Å². The molecule has 1 aromatic heterocycles. The van der Waals surface area contributed by atoms with Gasteiger partial charge in [-0.25, -0.2) is 9.18 Å². The van der Waals surface area contributed by atoms with E-state index in [9.17, 15) is 9.18 Å². The van der Waals surface area contributed by atoms with Crippen molar-refractivity contribution in [1.82, 2.24) is 4.98 Å². The van der Waals surface area contributed by atoms with E-state index in [0.717, 1.165) is 0 Å². The van der Waals surface area contributed by atoms with E-state index in [1.165, 1.54) is 12.1 Å². The number of hydrogen-bond donors (Lipinski definition) is 2. The molecule has 0 radical (unpaired) electrons. The normalized spacial score (nSPS) is 10.8. The van der Waals surface area contributed by atoms with Crippen LogP contribution < -0.4 is 4.74 Å². The van der Waals surface area contributed by atoms with Crippen molar-refractivity contribution in [3.63, 3.8) is 0 Å². The Morgan fingerprint density at radius 1 is 1.59 bits per heavy atom. The molecular formula is C11H9ClFNO3. The fourth-order valence-electron chi connectivity index (χ4n) is 1.75. The Hall–Kier alpha value is -1.75. The largest absolute Gasteiger partial charge is 0.512 e. The second-order valence-electron chi connectivity index (χ2n) is 3.47. The van der Waals surface area contributed by atoms with Crippen LogP contribution in [0.25, 0.3) is 10.9 Å². The molecule has 0 aliphatic carbocycles. The molecule has 0 saturated heterocycles. The van der Waals surface area contributed by atoms with E-state index in [4.69, 9.17) is 16.7 Å². The molecule has 2 rings (SSSR count). The third-order valence-electron chi connectivity index (χ3n) is 2.45. The maximum absolute atomic E-state index is 13.3. The van der Waals surface area contributed by atoms with Gasteiger partial charge in [0.1, 0.15) is 5.82 Å². The molecule has 0 fully saturated rings. The van der Waals surface area contributed by atoms with E-state index in [0.29, 0.717) is 22.9 Å². The number of hydrogen-bond acceptors (Lipinski definition) is 2. The molecule has 90 valence electrons. The van der Waals surface area contributed by atoms with E-state index in [-0.39, 0.29) is 10.9 Å². The van der Waals surface area contributed by atoms with Crippen LogP contribution in [0.15, 0.2) is 12.1 Å². The van der Waals surface area contributed by atoms with Crippen LogP contribution in [-0.4, -0.2) is 16.2 Å². The number of fused-ring (bicyclic) bond motifs is 1. The van der Waals surface area contributed by atoms with Gasteiger partial charge in [0.2, 0.25) is 5.88 Å². The van der Waals surface area contributed by atoms with Crippen LogP contribution in [0, 0.1) is 5.82 Å². The number of aromatic amines is 1. The third kappa shape index (κ3) is 2.06. The molecule has 0 bridgehead atoms. The lowest BCUT2D eigenvalue weighted by Crippen LogP contribution is -2.04. The average molecular weight is 258 g/mol. The van der Waals surface area contributed by atoms with Gasteiger partial charge in [-0.05, 0) is 18.6 Å². The molecule has 4 nitrogen and oxygen atoms in total. The number of ether oxygens (including phenoxy) is 1. The highest BCUT2D eigenvalue weighted by Crippen LogP contribution is 2.31. The summed E-state index contributed by atoms with van der Waals surface area (Å²) in [4.78, 5) is 13.3. The monoisotopic (exact) mass is 257 g/mol. The SMILES string of the molecule is CCc1c(OC(=O)O)[nH]c2cc(Cl)c(F)cc12. The van der Waals surface area contributed by atoms with Crippen molar-refractivity contribution in [3.8, 4) is 5.88 Å².